The Morgan fingerprint density at radius 1 is 1.29 bits per heavy atom. The quantitative estimate of drug-likeness (QED) is 0.789. The van der Waals surface area contributed by atoms with E-state index in [2.05, 4.69) is 10.1 Å². The van der Waals surface area contributed by atoms with Crippen LogP contribution in [0.3, 0.4) is 0 Å². The molecule has 0 radical (unpaired) electrons. The number of hydrogen-bond donors (Lipinski definition) is 1. The molecule has 1 N–H and O–H groups in total. The Bertz CT molecular complexity index is 894. The van der Waals surface area contributed by atoms with Crippen molar-refractivity contribution in [1.29, 1.82) is 0 Å². The van der Waals surface area contributed by atoms with Gasteiger partial charge in [0, 0.05) is 24.2 Å². The highest BCUT2D eigenvalue weighted by Gasteiger charge is 2.32. The van der Waals surface area contributed by atoms with Gasteiger partial charge in [0.25, 0.3) is 0 Å². The SMILES string of the molecule is O=C(Cc1ccccc1OC(F)F)NC1CC(=O)N(c2ccc(Cl)c(F)c2)C1. The van der Waals surface area contributed by atoms with Gasteiger partial charge in [-0.05, 0) is 24.3 Å². The minimum atomic E-state index is -3.00. The topological polar surface area (TPSA) is 58.6 Å². The van der Waals surface area contributed by atoms with Crippen LogP contribution in [0.4, 0.5) is 18.9 Å². The normalized spacial score (nSPS) is 16.5. The molecule has 3 rings (SSSR count). The predicted molar refractivity (Wildman–Crippen MR) is 97.1 cm³/mol. The first-order chi connectivity index (χ1) is 13.3. The van der Waals surface area contributed by atoms with Crippen molar-refractivity contribution in [3.05, 3.63) is 58.9 Å². The average Bonchev–Trinajstić information content (AvgIpc) is 2.98. The summed E-state index contributed by atoms with van der Waals surface area (Å²) >= 11 is 5.65. The highest BCUT2D eigenvalue weighted by molar-refractivity contribution is 6.30. The number of amides is 2. The van der Waals surface area contributed by atoms with Crippen molar-refractivity contribution in [2.24, 2.45) is 0 Å². The number of rotatable bonds is 6. The van der Waals surface area contributed by atoms with Crippen molar-refractivity contribution in [1.82, 2.24) is 5.32 Å². The first-order valence-electron chi connectivity index (χ1n) is 8.41. The molecule has 0 aliphatic carbocycles. The van der Waals surface area contributed by atoms with Gasteiger partial charge < -0.3 is 15.0 Å². The molecule has 28 heavy (non-hydrogen) atoms. The minimum absolute atomic E-state index is 0.0468. The second-order valence-electron chi connectivity index (χ2n) is 6.23. The van der Waals surface area contributed by atoms with Gasteiger partial charge in [0.1, 0.15) is 11.6 Å². The first kappa shape index (κ1) is 20.0. The van der Waals surface area contributed by atoms with E-state index in [0.29, 0.717) is 11.3 Å². The van der Waals surface area contributed by atoms with Crippen LogP contribution in [-0.2, 0) is 16.0 Å². The summed E-state index contributed by atoms with van der Waals surface area (Å²) in [4.78, 5) is 25.9. The Balaban J connectivity index is 1.63. The van der Waals surface area contributed by atoms with Gasteiger partial charge in [-0.2, -0.15) is 8.78 Å². The first-order valence-corrected chi connectivity index (χ1v) is 8.79. The van der Waals surface area contributed by atoms with Gasteiger partial charge in [0.05, 0.1) is 17.5 Å². The number of carbonyl (C=O) groups is 2. The minimum Gasteiger partial charge on any atom is -0.435 e. The summed E-state index contributed by atoms with van der Waals surface area (Å²) in [5.74, 6) is -1.43. The van der Waals surface area contributed by atoms with Crippen LogP contribution in [0.15, 0.2) is 42.5 Å². The van der Waals surface area contributed by atoms with E-state index in [1.807, 2.05) is 0 Å². The van der Waals surface area contributed by atoms with Gasteiger partial charge in [0.15, 0.2) is 0 Å². The number of nitrogens with one attached hydrogen (secondary N) is 1. The molecule has 2 aromatic rings. The maximum Gasteiger partial charge on any atom is 0.387 e. The fourth-order valence-electron chi connectivity index (χ4n) is 3.02. The summed E-state index contributed by atoms with van der Waals surface area (Å²) in [5, 5.41) is 2.65. The van der Waals surface area contributed by atoms with E-state index in [9.17, 15) is 22.8 Å². The van der Waals surface area contributed by atoms with Crippen molar-refractivity contribution < 1.29 is 27.5 Å². The summed E-state index contributed by atoms with van der Waals surface area (Å²) in [6.07, 6.45) is -0.131. The van der Waals surface area contributed by atoms with E-state index in [-0.39, 0.29) is 36.1 Å². The Morgan fingerprint density at radius 3 is 2.75 bits per heavy atom. The lowest BCUT2D eigenvalue weighted by atomic mass is 10.1. The van der Waals surface area contributed by atoms with Crippen molar-refractivity contribution in [2.45, 2.75) is 25.5 Å². The van der Waals surface area contributed by atoms with Gasteiger partial charge in [-0.15, -0.1) is 0 Å². The van der Waals surface area contributed by atoms with Gasteiger partial charge in [-0.1, -0.05) is 29.8 Å². The molecule has 0 saturated carbocycles. The molecule has 1 fully saturated rings. The van der Waals surface area contributed by atoms with E-state index in [1.54, 1.807) is 6.07 Å². The zero-order valence-electron chi connectivity index (χ0n) is 14.5. The molecule has 148 valence electrons. The van der Waals surface area contributed by atoms with E-state index in [4.69, 9.17) is 11.6 Å². The summed E-state index contributed by atoms with van der Waals surface area (Å²) in [5.41, 5.74) is 0.653. The van der Waals surface area contributed by atoms with Gasteiger partial charge in [-0.3, -0.25) is 9.59 Å². The van der Waals surface area contributed by atoms with Crippen molar-refractivity contribution in [2.75, 3.05) is 11.4 Å². The highest BCUT2D eigenvalue weighted by Crippen LogP contribution is 2.26. The third-order valence-electron chi connectivity index (χ3n) is 4.24. The maximum absolute atomic E-state index is 13.6. The smallest absolute Gasteiger partial charge is 0.387 e. The number of benzene rings is 2. The van der Waals surface area contributed by atoms with Gasteiger partial charge in [-0.25, -0.2) is 4.39 Å². The number of anilines is 1. The van der Waals surface area contributed by atoms with E-state index in [1.165, 1.54) is 35.2 Å². The van der Waals surface area contributed by atoms with Crippen LogP contribution in [0.2, 0.25) is 5.02 Å². The Labute approximate surface area is 164 Å². The number of carbonyl (C=O) groups excluding carboxylic acids is 2. The zero-order chi connectivity index (χ0) is 20.3. The Kier molecular flexibility index (Phi) is 6.08. The summed E-state index contributed by atoms with van der Waals surface area (Å²) in [6.45, 7) is -2.83. The third kappa shape index (κ3) is 4.75. The molecule has 2 amide bonds. The third-order valence-corrected chi connectivity index (χ3v) is 4.55. The molecule has 0 spiro atoms. The standard InChI is InChI=1S/C19H16ClF3N2O3/c20-14-6-5-13(9-15(14)21)25-10-12(8-18(25)27)24-17(26)7-11-3-1-2-4-16(11)28-19(22)23/h1-6,9,12,19H,7-8,10H2,(H,24,26). The van der Waals surface area contributed by atoms with Crippen molar-refractivity contribution >= 4 is 29.1 Å². The number of nitrogens with zero attached hydrogens (tertiary/aromatic N) is 1. The predicted octanol–water partition coefficient (Wildman–Crippen LogP) is 3.54. The van der Waals surface area contributed by atoms with E-state index < -0.39 is 24.4 Å². The number of ether oxygens (including phenoxy) is 1. The van der Waals surface area contributed by atoms with Crippen molar-refractivity contribution in [3.8, 4) is 5.75 Å². The lowest BCUT2D eigenvalue weighted by molar-refractivity contribution is -0.121. The summed E-state index contributed by atoms with van der Waals surface area (Å²) < 4.78 is 43.0. The van der Waals surface area contributed by atoms with Crippen LogP contribution in [0.5, 0.6) is 5.75 Å². The zero-order valence-corrected chi connectivity index (χ0v) is 15.3. The molecule has 0 aromatic heterocycles. The molecule has 1 saturated heterocycles. The lowest BCUT2D eigenvalue weighted by Gasteiger charge is -2.18. The molecular formula is C19H16ClF3N2O3. The van der Waals surface area contributed by atoms with Crippen LogP contribution in [0.1, 0.15) is 12.0 Å². The lowest BCUT2D eigenvalue weighted by Crippen LogP contribution is -2.38. The molecule has 9 heteroatoms. The second kappa shape index (κ2) is 8.52. The monoisotopic (exact) mass is 412 g/mol. The molecule has 1 aliphatic rings. The Morgan fingerprint density at radius 2 is 2.04 bits per heavy atom. The van der Waals surface area contributed by atoms with Crippen LogP contribution in [-0.4, -0.2) is 31.0 Å². The number of halogens is 4. The molecule has 0 bridgehead atoms. The molecule has 1 heterocycles. The maximum atomic E-state index is 13.6. The molecule has 1 unspecified atom stereocenters. The largest absolute Gasteiger partial charge is 0.435 e. The highest BCUT2D eigenvalue weighted by atomic mass is 35.5. The molecule has 1 atom stereocenters. The number of alkyl halides is 2. The Hall–Kier alpha value is -2.74. The van der Waals surface area contributed by atoms with Gasteiger partial charge in [0.2, 0.25) is 11.8 Å². The van der Waals surface area contributed by atoms with Crippen LogP contribution in [0.25, 0.3) is 0 Å². The summed E-state index contributed by atoms with van der Waals surface area (Å²) in [7, 11) is 0. The fourth-order valence-corrected chi connectivity index (χ4v) is 3.14. The number of hydrogen-bond acceptors (Lipinski definition) is 3. The average molecular weight is 413 g/mol. The van der Waals surface area contributed by atoms with E-state index in [0.717, 1.165) is 6.07 Å². The van der Waals surface area contributed by atoms with Crippen molar-refractivity contribution in [3.63, 3.8) is 0 Å². The molecule has 1 aliphatic heterocycles. The molecular weight excluding hydrogens is 397 g/mol. The van der Waals surface area contributed by atoms with Crippen LogP contribution < -0.4 is 15.0 Å². The van der Waals surface area contributed by atoms with Crippen LogP contribution in [0, 0.1) is 5.82 Å². The number of para-hydroxylation sites is 1. The van der Waals surface area contributed by atoms with E-state index >= 15 is 0 Å². The second-order valence-corrected chi connectivity index (χ2v) is 6.64. The molecule has 2 aromatic carbocycles. The fraction of sp³-hybridized carbons (Fsp3) is 0.263. The van der Waals surface area contributed by atoms with Crippen LogP contribution >= 0.6 is 11.6 Å². The van der Waals surface area contributed by atoms with Gasteiger partial charge >= 0.3 is 6.61 Å². The summed E-state index contributed by atoms with van der Waals surface area (Å²) in [6, 6.07) is 9.54. The molecule has 5 nitrogen and oxygen atoms in total.